The van der Waals surface area contributed by atoms with Gasteiger partial charge in [-0.3, -0.25) is 0 Å². The largest absolute Gasteiger partial charge is 0.380 e. The fourth-order valence-electron chi connectivity index (χ4n) is 3.09. The van der Waals surface area contributed by atoms with E-state index in [0.717, 1.165) is 47.1 Å². The summed E-state index contributed by atoms with van der Waals surface area (Å²) in [7, 11) is 0. The number of H-pyrrole nitrogens is 1. The van der Waals surface area contributed by atoms with Gasteiger partial charge in [0, 0.05) is 35.2 Å². The summed E-state index contributed by atoms with van der Waals surface area (Å²) < 4.78 is 0. The number of fused-ring (bicyclic) bond motifs is 3. The van der Waals surface area contributed by atoms with Crippen molar-refractivity contribution in [2.45, 2.75) is 18.9 Å². The molecule has 0 aromatic carbocycles. The molecule has 0 spiro atoms. The van der Waals surface area contributed by atoms with Crippen molar-refractivity contribution < 1.29 is 0 Å². The van der Waals surface area contributed by atoms with E-state index in [-0.39, 0.29) is 0 Å². The number of aromatic amines is 1. The van der Waals surface area contributed by atoms with Gasteiger partial charge in [-0.05, 0) is 31.5 Å². The molecule has 3 N–H and O–H groups in total. The lowest BCUT2D eigenvalue weighted by atomic mass is 10.1. The third-order valence-electron chi connectivity index (χ3n) is 4.15. The second-order valence-electron chi connectivity index (χ2n) is 5.62. The number of nitrogens with zero attached hydrogens (tertiary/aromatic N) is 3. The standard InChI is InChI=1S/C16H16N6/c17-7-11-6-12-14(9-20-11)22-16-15(12)13(3-5-19-16)21-10-2-1-4-18-8-10/h3,5-6,9-10,18H,1-2,4,8H2,(H2,19,21,22)/t10-/m1/s1. The molecule has 0 unspecified atom stereocenters. The van der Waals surface area contributed by atoms with Gasteiger partial charge in [0.2, 0.25) is 0 Å². The molecule has 4 rings (SSSR count). The Balaban J connectivity index is 1.85. The third kappa shape index (κ3) is 2.16. The highest BCUT2D eigenvalue weighted by molar-refractivity contribution is 6.12. The van der Waals surface area contributed by atoms with Crippen molar-refractivity contribution in [1.29, 1.82) is 5.26 Å². The maximum absolute atomic E-state index is 9.07. The van der Waals surface area contributed by atoms with Crippen LogP contribution in [0.3, 0.4) is 0 Å². The summed E-state index contributed by atoms with van der Waals surface area (Å²) >= 11 is 0. The van der Waals surface area contributed by atoms with Gasteiger partial charge in [-0.25, -0.2) is 9.97 Å². The Hall–Kier alpha value is -2.65. The highest BCUT2D eigenvalue weighted by Crippen LogP contribution is 2.31. The van der Waals surface area contributed by atoms with Crippen molar-refractivity contribution >= 4 is 27.6 Å². The Kier molecular flexibility index (Phi) is 3.13. The van der Waals surface area contributed by atoms with Crippen molar-refractivity contribution in [2.75, 3.05) is 18.4 Å². The number of nitrogens with one attached hydrogen (secondary N) is 3. The number of piperidine rings is 1. The van der Waals surface area contributed by atoms with Crippen molar-refractivity contribution in [3.05, 3.63) is 30.2 Å². The Bertz CT molecular complexity index is 869. The molecule has 1 atom stereocenters. The van der Waals surface area contributed by atoms with E-state index in [9.17, 15) is 0 Å². The first kappa shape index (κ1) is 13.0. The average Bonchev–Trinajstić information content (AvgIpc) is 2.94. The molecule has 3 aromatic heterocycles. The van der Waals surface area contributed by atoms with Gasteiger partial charge in [0.05, 0.1) is 11.7 Å². The number of pyridine rings is 2. The van der Waals surface area contributed by atoms with Crippen LogP contribution >= 0.6 is 0 Å². The number of rotatable bonds is 2. The number of nitriles is 1. The number of aromatic nitrogens is 3. The molecule has 1 fully saturated rings. The van der Waals surface area contributed by atoms with Crippen molar-refractivity contribution in [1.82, 2.24) is 20.3 Å². The minimum atomic E-state index is 0.418. The summed E-state index contributed by atoms with van der Waals surface area (Å²) in [4.78, 5) is 11.8. The SMILES string of the molecule is N#Cc1cc2c(cn1)[nH]c1nccc(N[C@@H]3CCCNC3)c12. The van der Waals surface area contributed by atoms with Crippen molar-refractivity contribution in [3.63, 3.8) is 0 Å². The Labute approximate surface area is 127 Å². The maximum atomic E-state index is 9.07. The number of hydrogen-bond acceptors (Lipinski definition) is 5. The van der Waals surface area contributed by atoms with Crippen LogP contribution in [0.2, 0.25) is 0 Å². The van der Waals surface area contributed by atoms with E-state index in [1.54, 1.807) is 12.4 Å². The summed E-state index contributed by atoms with van der Waals surface area (Å²) in [6.45, 7) is 2.06. The van der Waals surface area contributed by atoms with E-state index in [1.807, 2.05) is 12.1 Å². The zero-order valence-corrected chi connectivity index (χ0v) is 12.1. The molecule has 0 amide bonds. The Morgan fingerprint density at radius 2 is 2.32 bits per heavy atom. The van der Waals surface area contributed by atoms with E-state index in [4.69, 9.17) is 5.26 Å². The molecule has 22 heavy (non-hydrogen) atoms. The zero-order valence-electron chi connectivity index (χ0n) is 12.1. The highest BCUT2D eigenvalue weighted by atomic mass is 15.0. The second kappa shape index (κ2) is 5.28. The van der Waals surface area contributed by atoms with Gasteiger partial charge in [-0.15, -0.1) is 0 Å². The van der Waals surface area contributed by atoms with Crippen LogP contribution in [0.4, 0.5) is 5.69 Å². The lowest BCUT2D eigenvalue weighted by Crippen LogP contribution is -2.38. The second-order valence-corrected chi connectivity index (χ2v) is 5.62. The van der Waals surface area contributed by atoms with Crippen LogP contribution in [0.15, 0.2) is 24.5 Å². The van der Waals surface area contributed by atoms with Crippen LogP contribution in [0, 0.1) is 11.3 Å². The van der Waals surface area contributed by atoms with Gasteiger partial charge in [0.25, 0.3) is 0 Å². The molecule has 6 nitrogen and oxygen atoms in total. The summed E-state index contributed by atoms with van der Waals surface area (Å²) in [6.07, 6.45) is 5.84. The molecule has 4 heterocycles. The first-order valence-corrected chi connectivity index (χ1v) is 7.49. The molecule has 1 aliphatic heterocycles. The summed E-state index contributed by atoms with van der Waals surface area (Å²) in [6, 6.07) is 6.33. The fraction of sp³-hybridized carbons (Fsp3) is 0.312. The molecule has 0 saturated carbocycles. The Morgan fingerprint density at radius 1 is 1.36 bits per heavy atom. The third-order valence-corrected chi connectivity index (χ3v) is 4.15. The predicted octanol–water partition coefficient (Wildman–Crippen LogP) is 2.15. The van der Waals surface area contributed by atoms with Gasteiger partial charge in [-0.1, -0.05) is 0 Å². The van der Waals surface area contributed by atoms with Crippen LogP contribution in [0.1, 0.15) is 18.5 Å². The van der Waals surface area contributed by atoms with Crippen LogP contribution in [0.25, 0.3) is 21.9 Å². The predicted molar refractivity (Wildman–Crippen MR) is 85.6 cm³/mol. The van der Waals surface area contributed by atoms with E-state index < -0.39 is 0 Å². The minimum Gasteiger partial charge on any atom is -0.380 e. The lowest BCUT2D eigenvalue weighted by molar-refractivity contribution is 0.480. The summed E-state index contributed by atoms with van der Waals surface area (Å²) in [5.74, 6) is 0. The molecule has 3 aromatic rings. The molecule has 1 saturated heterocycles. The quantitative estimate of drug-likeness (QED) is 0.673. The molecular weight excluding hydrogens is 276 g/mol. The average molecular weight is 292 g/mol. The molecule has 110 valence electrons. The molecule has 0 bridgehead atoms. The van der Waals surface area contributed by atoms with E-state index in [2.05, 4.69) is 31.7 Å². The van der Waals surface area contributed by atoms with Gasteiger partial charge < -0.3 is 15.6 Å². The molecular formula is C16H16N6. The van der Waals surface area contributed by atoms with E-state index >= 15 is 0 Å². The van der Waals surface area contributed by atoms with E-state index in [1.165, 1.54) is 6.42 Å². The highest BCUT2D eigenvalue weighted by Gasteiger charge is 2.16. The fourth-order valence-corrected chi connectivity index (χ4v) is 3.09. The van der Waals surface area contributed by atoms with Crippen LogP contribution in [-0.2, 0) is 0 Å². The smallest absolute Gasteiger partial charge is 0.141 e. The normalized spacial score (nSPS) is 18.4. The number of anilines is 1. The first-order valence-electron chi connectivity index (χ1n) is 7.49. The lowest BCUT2D eigenvalue weighted by Gasteiger charge is -2.25. The van der Waals surface area contributed by atoms with Gasteiger partial charge in [0.1, 0.15) is 17.4 Å². The summed E-state index contributed by atoms with van der Waals surface area (Å²) in [5.41, 5.74) is 3.20. The van der Waals surface area contributed by atoms with Crippen LogP contribution in [-0.4, -0.2) is 34.1 Å². The van der Waals surface area contributed by atoms with Crippen LogP contribution < -0.4 is 10.6 Å². The van der Waals surface area contributed by atoms with Crippen LogP contribution in [0.5, 0.6) is 0 Å². The maximum Gasteiger partial charge on any atom is 0.141 e. The number of hydrogen-bond donors (Lipinski definition) is 3. The van der Waals surface area contributed by atoms with Gasteiger partial charge >= 0.3 is 0 Å². The van der Waals surface area contributed by atoms with Crippen molar-refractivity contribution in [2.24, 2.45) is 0 Å². The molecule has 0 radical (unpaired) electrons. The van der Waals surface area contributed by atoms with Gasteiger partial charge in [-0.2, -0.15) is 5.26 Å². The first-order chi connectivity index (χ1) is 10.8. The minimum absolute atomic E-state index is 0.418. The molecule has 1 aliphatic rings. The molecule has 0 aliphatic carbocycles. The monoisotopic (exact) mass is 292 g/mol. The van der Waals surface area contributed by atoms with E-state index in [0.29, 0.717) is 11.7 Å². The van der Waals surface area contributed by atoms with Gasteiger partial charge in [0.15, 0.2) is 0 Å². The molecule has 6 heteroatoms. The van der Waals surface area contributed by atoms with Crippen molar-refractivity contribution in [3.8, 4) is 6.07 Å². The summed E-state index contributed by atoms with van der Waals surface area (Å²) in [5, 5.41) is 18.1. The topological polar surface area (TPSA) is 89.4 Å². The Morgan fingerprint density at radius 3 is 3.14 bits per heavy atom. The zero-order chi connectivity index (χ0) is 14.9.